The lowest BCUT2D eigenvalue weighted by molar-refractivity contribution is -0.386. The van der Waals surface area contributed by atoms with Gasteiger partial charge in [-0.1, -0.05) is 17.2 Å². The fourth-order valence-electron chi connectivity index (χ4n) is 1.33. The van der Waals surface area contributed by atoms with Crippen molar-refractivity contribution in [3.05, 3.63) is 50.4 Å². The van der Waals surface area contributed by atoms with Crippen molar-refractivity contribution >= 4 is 5.69 Å². The Hall–Kier alpha value is -2.15. The first-order chi connectivity index (χ1) is 8.07. The molecule has 1 aromatic carbocycles. The fourth-order valence-corrected chi connectivity index (χ4v) is 1.33. The van der Waals surface area contributed by atoms with Crippen LogP contribution < -0.4 is 0 Å². The first-order valence-corrected chi connectivity index (χ1v) is 4.68. The molecule has 2 atom stereocenters. The van der Waals surface area contributed by atoms with Gasteiger partial charge in [-0.3, -0.25) is 10.1 Å². The van der Waals surface area contributed by atoms with Crippen LogP contribution in [0.15, 0.2) is 29.4 Å². The fraction of sp³-hybridized carbons (Fsp3) is 0.333. The molecule has 90 valence electrons. The summed E-state index contributed by atoms with van der Waals surface area (Å²) in [6.45, 7) is -0.357. The predicted molar refractivity (Wildman–Crippen MR) is 58.1 cm³/mol. The van der Waals surface area contributed by atoms with E-state index in [0.717, 1.165) is 0 Å². The Morgan fingerprint density at radius 2 is 2.12 bits per heavy atom. The van der Waals surface area contributed by atoms with E-state index in [1.54, 1.807) is 0 Å². The summed E-state index contributed by atoms with van der Waals surface area (Å²) in [7, 11) is 0. The zero-order valence-electron chi connectivity index (χ0n) is 8.67. The van der Waals surface area contributed by atoms with Crippen LogP contribution in [0, 0.1) is 10.1 Å². The van der Waals surface area contributed by atoms with E-state index in [1.165, 1.54) is 24.3 Å². The smallest absolute Gasteiger partial charge is 0.275 e. The monoisotopic (exact) mass is 238 g/mol. The molecule has 0 aliphatic heterocycles. The lowest BCUT2D eigenvalue weighted by Gasteiger charge is -2.15. The summed E-state index contributed by atoms with van der Waals surface area (Å²) in [6, 6.07) is 5.51. The minimum atomic E-state index is -1.47. The van der Waals surface area contributed by atoms with Gasteiger partial charge in [0.1, 0.15) is 6.10 Å². The Morgan fingerprint density at radius 3 is 2.71 bits per heavy atom. The second-order valence-electron chi connectivity index (χ2n) is 3.24. The highest BCUT2D eigenvalue weighted by Crippen LogP contribution is 2.26. The first kappa shape index (κ1) is 12.9. The summed E-state index contributed by atoms with van der Waals surface area (Å²) >= 11 is 0. The summed E-state index contributed by atoms with van der Waals surface area (Å²) in [6.07, 6.45) is -2.85. The van der Waals surface area contributed by atoms with Gasteiger partial charge in [0.25, 0.3) is 5.69 Å². The molecule has 8 nitrogen and oxygen atoms in total. The van der Waals surface area contributed by atoms with Gasteiger partial charge in [-0.25, -0.2) is 0 Å². The van der Waals surface area contributed by atoms with Crippen molar-refractivity contribution in [2.75, 3.05) is 6.54 Å². The molecule has 0 amide bonds. The summed E-state index contributed by atoms with van der Waals surface area (Å²) in [4.78, 5) is 12.5. The van der Waals surface area contributed by atoms with Gasteiger partial charge in [0.05, 0.1) is 23.1 Å². The number of benzene rings is 1. The van der Waals surface area contributed by atoms with Crippen LogP contribution in [-0.4, -0.2) is 27.8 Å². The molecule has 1 rings (SSSR count). The van der Waals surface area contributed by atoms with Crippen molar-refractivity contribution in [3.8, 4) is 0 Å². The van der Waals surface area contributed by atoms with E-state index in [2.05, 4.69) is 10.0 Å². The Morgan fingerprint density at radius 1 is 1.47 bits per heavy atom. The van der Waals surface area contributed by atoms with E-state index in [4.69, 9.17) is 5.53 Å². The second kappa shape index (κ2) is 5.80. The lowest BCUT2D eigenvalue weighted by atomic mass is 10.0. The third kappa shape index (κ3) is 3.15. The number of nitro groups is 1. The van der Waals surface area contributed by atoms with E-state index in [0.29, 0.717) is 0 Å². The lowest BCUT2D eigenvalue weighted by Crippen LogP contribution is -2.21. The number of para-hydroxylation sites is 1. The zero-order chi connectivity index (χ0) is 12.8. The number of hydrogen-bond acceptors (Lipinski definition) is 5. The molecular formula is C9H10N4O4. The number of rotatable bonds is 5. The van der Waals surface area contributed by atoms with Gasteiger partial charge < -0.3 is 10.2 Å². The van der Waals surface area contributed by atoms with E-state index in [-0.39, 0.29) is 17.8 Å². The highest BCUT2D eigenvalue weighted by atomic mass is 16.6. The topological polar surface area (TPSA) is 132 Å². The van der Waals surface area contributed by atoms with Crippen molar-refractivity contribution < 1.29 is 15.1 Å². The zero-order valence-corrected chi connectivity index (χ0v) is 8.67. The van der Waals surface area contributed by atoms with Gasteiger partial charge in [-0.15, -0.1) is 0 Å². The Labute approximate surface area is 95.9 Å². The molecule has 0 bridgehead atoms. The number of nitrogens with zero attached hydrogens (tertiary/aromatic N) is 4. The van der Waals surface area contributed by atoms with Gasteiger partial charge in [-0.05, 0) is 11.6 Å². The summed E-state index contributed by atoms with van der Waals surface area (Å²) < 4.78 is 0. The average Bonchev–Trinajstić information content (AvgIpc) is 2.34. The molecule has 0 aromatic heterocycles. The van der Waals surface area contributed by atoms with E-state index in [1.807, 2.05) is 0 Å². The van der Waals surface area contributed by atoms with Gasteiger partial charge in [-0.2, -0.15) is 0 Å². The van der Waals surface area contributed by atoms with Crippen molar-refractivity contribution in [1.82, 2.24) is 0 Å². The van der Waals surface area contributed by atoms with Crippen molar-refractivity contribution in [2.45, 2.75) is 12.2 Å². The predicted octanol–water partition coefficient (Wildman–Crippen LogP) is 1.30. The highest BCUT2D eigenvalue weighted by Gasteiger charge is 2.25. The maximum atomic E-state index is 10.7. The van der Waals surface area contributed by atoms with Crippen LogP contribution in [-0.2, 0) is 0 Å². The van der Waals surface area contributed by atoms with Gasteiger partial charge in [0.15, 0.2) is 0 Å². The third-order valence-electron chi connectivity index (χ3n) is 2.15. The molecule has 8 heteroatoms. The van der Waals surface area contributed by atoms with Gasteiger partial charge in [0, 0.05) is 11.0 Å². The van der Waals surface area contributed by atoms with Crippen LogP contribution in [0.4, 0.5) is 5.69 Å². The summed E-state index contributed by atoms with van der Waals surface area (Å²) in [5, 5.41) is 33.0. The standard InChI is InChI=1S/C9H10N4O4/c10-12-11-5-8(14)9(15)6-3-1-2-4-7(6)13(16)17/h1-4,8-9,14-15H,5H2/t8-,9-/m1/s1. The van der Waals surface area contributed by atoms with E-state index >= 15 is 0 Å². The number of aliphatic hydroxyl groups excluding tert-OH is 2. The molecule has 0 saturated heterocycles. The van der Waals surface area contributed by atoms with Crippen molar-refractivity contribution in [2.24, 2.45) is 5.11 Å². The van der Waals surface area contributed by atoms with Crippen LogP contribution in [0.2, 0.25) is 0 Å². The van der Waals surface area contributed by atoms with Crippen molar-refractivity contribution in [1.29, 1.82) is 0 Å². The van der Waals surface area contributed by atoms with Crippen LogP contribution >= 0.6 is 0 Å². The van der Waals surface area contributed by atoms with Crippen LogP contribution in [0.1, 0.15) is 11.7 Å². The number of aliphatic hydroxyl groups is 2. The molecule has 0 saturated carbocycles. The largest absolute Gasteiger partial charge is 0.390 e. The summed E-state index contributed by atoms with van der Waals surface area (Å²) in [5.41, 5.74) is 7.76. The average molecular weight is 238 g/mol. The normalized spacial score (nSPS) is 13.5. The van der Waals surface area contributed by atoms with E-state index < -0.39 is 17.1 Å². The molecule has 0 unspecified atom stereocenters. The second-order valence-corrected chi connectivity index (χ2v) is 3.24. The molecule has 0 spiro atoms. The van der Waals surface area contributed by atoms with Crippen LogP contribution in [0.3, 0.4) is 0 Å². The molecule has 2 N–H and O–H groups in total. The molecule has 0 heterocycles. The van der Waals surface area contributed by atoms with Crippen LogP contribution in [0.25, 0.3) is 10.4 Å². The van der Waals surface area contributed by atoms with E-state index in [9.17, 15) is 20.3 Å². The maximum absolute atomic E-state index is 10.7. The molecule has 0 radical (unpaired) electrons. The Kier molecular flexibility index (Phi) is 4.41. The number of azide groups is 1. The minimum Gasteiger partial charge on any atom is -0.390 e. The third-order valence-corrected chi connectivity index (χ3v) is 2.15. The molecule has 0 aliphatic rings. The molecule has 0 fully saturated rings. The maximum Gasteiger partial charge on any atom is 0.275 e. The quantitative estimate of drug-likeness (QED) is 0.263. The Balaban J connectivity index is 2.98. The van der Waals surface area contributed by atoms with Crippen LogP contribution in [0.5, 0.6) is 0 Å². The highest BCUT2D eigenvalue weighted by molar-refractivity contribution is 5.41. The molecule has 0 aliphatic carbocycles. The Bertz CT molecular complexity index is 458. The minimum absolute atomic E-state index is 0.0156. The molecule has 17 heavy (non-hydrogen) atoms. The van der Waals surface area contributed by atoms with Crippen molar-refractivity contribution in [3.63, 3.8) is 0 Å². The number of nitro benzene ring substituents is 1. The number of hydrogen-bond donors (Lipinski definition) is 2. The van der Waals surface area contributed by atoms with Gasteiger partial charge >= 0.3 is 0 Å². The molecular weight excluding hydrogens is 228 g/mol. The summed E-state index contributed by atoms with van der Waals surface area (Å²) in [5.74, 6) is 0. The van der Waals surface area contributed by atoms with Gasteiger partial charge in [0.2, 0.25) is 0 Å². The SMILES string of the molecule is [N-]=[N+]=NC[C@@H](O)[C@H](O)c1ccccc1[N+](=O)[O-]. The first-order valence-electron chi connectivity index (χ1n) is 4.68. The molecule has 1 aromatic rings.